The van der Waals surface area contributed by atoms with Crippen molar-refractivity contribution in [1.29, 1.82) is 0 Å². The molecular formula is C12H15N3O2. The maximum Gasteiger partial charge on any atom is 0.324 e. The van der Waals surface area contributed by atoms with Gasteiger partial charge in [0.15, 0.2) is 5.76 Å². The largest absolute Gasteiger partial charge is 0.357 e. The Kier molecular flexibility index (Phi) is 2.59. The van der Waals surface area contributed by atoms with Crippen molar-refractivity contribution in [2.45, 2.75) is 25.8 Å². The lowest BCUT2D eigenvalue weighted by molar-refractivity contribution is 0.157. The van der Waals surface area contributed by atoms with E-state index in [1.54, 1.807) is 23.4 Å². The number of hydrogen-bond acceptors (Lipinski definition) is 3. The highest BCUT2D eigenvalue weighted by Crippen LogP contribution is 2.21. The molecule has 1 aromatic rings. The molecule has 0 aliphatic carbocycles. The smallest absolute Gasteiger partial charge is 0.324 e. The van der Waals surface area contributed by atoms with Crippen LogP contribution in [0.1, 0.15) is 30.6 Å². The molecule has 90 valence electrons. The number of rotatable bonds is 0. The first kappa shape index (κ1) is 10.4. The zero-order valence-corrected chi connectivity index (χ0v) is 9.63. The van der Waals surface area contributed by atoms with Crippen molar-refractivity contribution < 1.29 is 9.32 Å². The summed E-state index contributed by atoms with van der Waals surface area (Å²) in [6.07, 6.45) is 8.71. The Labute approximate surface area is 99.7 Å². The summed E-state index contributed by atoms with van der Waals surface area (Å²) < 4.78 is 5.04. The van der Waals surface area contributed by atoms with Crippen molar-refractivity contribution in [2.24, 2.45) is 0 Å². The van der Waals surface area contributed by atoms with Crippen LogP contribution < -0.4 is 0 Å². The molecule has 5 heteroatoms. The highest BCUT2D eigenvalue weighted by Gasteiger charge is 2.24. The molecule has 0 atom stereocenters. The van der Waals surface area contributed by atoms with E-state index in [0.29, 0.717) is 6.54 Å². The Morgan fingerprint density at radius 3 is 2.94 bits per heavy atom. The number of aromatic nitrogens is 1. The SMILES string of the molecule is O=C(N1C=Cc2oncc2C1)N1CCCCC1. The lowest BCUT2D eigenvalue weighted by atomic mass is 10.1. The number of fused-ring (bicyclic) bond motifs is 1. The highest BCUT2D eigenvalue weighted by molar-refractivity contribution is 5.77. The molecule has 1 saturated heterocycles. The molecule has 0 unspecified atom stereocenters. The van der Waals surface area contributed by atoms with Gasteiger partial charge in [-0.3, -0.25) is 4.90 Å². The van der Waals surface area contributed by atoms with Gasteiger partial charge in [0.2, 0.25) is 0 Å². The molecule has 17 heavy (non-hydrogen) atoms. The lowest BCUT2D eigenvalue weighted by Gasteiger charge is -2.32. The lowest BCUT2D eigenvalue weighted by Crippen LogP contribution is -2.43. The Morgan fingerprint density at radius 2 is 2.12 bits per heavy atom. The molecule has 2 aliphatic rings. The number of piperidine rings is 1. The second-order valence-electron chi connectivity index (χ2n) is 4.49. The first-order valence-electron chi connectivity index (χ1n) is 6.02. The van der Waals surface area contributed by atoms with Crippen molar-refractivity contribution in [1.82, 2.24) is 15.0 Å². The second-order valence-corrected chi connectivity index (χ2v) is 4.49. The van der Waals surface area contributed by atoms with Gasteiger partial charge in [0.25, 0.3) is 0 Å². The Balaban J connectivity index is 1.71. The standard InChI is InChI=1S/C12H15N3O2/c16-12(14-5-2-1-3-6-14)15-7-4-11-10(9-15)8-13-17-11/h4,7-8H,1-3,5-6,9H2. The molecule has 5 nitrogen and oxygen atoms in total. The molecule has 0 aromatic carbocycles. The summed E-state index contributed by atoms with van der Waals surface area (Å²) in [7, 11) is 0. The van der Waals surface area contributed by atoms with E-state index in [4.69, 9.17) is 4.52 Å². The van der Waals surface area contributed by atoms with Gasteiger partial charge in [0, 0.05) is 30.9 Å². The molecule has 3 rings (SSSR count). The molecule has 2 amide bonds. The number of carbonyl (C=O) groups is 1. The maximum absolute atomic E-state index is 12.2. The van der Waals surface area contributed by atoms with Crippen LogP contribution in [0.25, 0.3) is 6.08 Å². The van der Waals surface area contributed by atoms with E-state index >= 15 is 0 Å². The Morgan fingerprint density at radius 1 is 1.29 bits per heavy atom. The van der Waals surface area contributed by atoms with Gasteiger partial charge >= 0.3 is 6.03 Å². The summed E-state index contributed by atoms with van der Waals surface area (Å²) in [6, 6.07) is 0.0906. The fraction of sp³-hybridized carbons (Fsp3) is 0.500. The van der Waals surface area contributed by atoms with Crippen LogP contribution in [-0.4, -0.2) is 34.1 Å². The quantitative estimate of drug-likeness (QED) is 0.689. The van der Waals surface area contributed by atoms with Crippen molar-refractivity contribution in [3.63, 3.8) is 0 Å². The first-order chi connectivity index (χ1) is 8.34. The summed E-state index contributed by atoms with van der Waals surface area (Å²) in [5.41, 5.74) is 0.970. The van der Waals surface area contributed by atoms with E-state index in [-0.39, 0.29) is 6.03 Å². The van der Waals surface area contributed by atoms with Crippen molar-refractivity contribution in [3.8, 4) is 0 Å². The van der Waals surface area contributed by atoms with Crippen LogP contribution >= 0.6 is 0 Å². The minimum Gasteiger partial charge on any atom is -0.357 e. The molecule has 2 aliphatic heterocycles. The van der Waals surface area contributed by atoms with Crippen molar-refractivity contribution >= 4 is 12.1 Å². The normalized spacial score (nSPS) is 19.3. The predicted octanol–water partition coefficient (Wildman–Crippen LogP) is 2.07. The summed E-state index contributed by atoms with van der Waals surface area (Å²) in [5, 5.41) is 3.73. The van der Waals surface area contributed by atoms with Gasteiger partial charge in [0.05, 0.1) is 12.7 Å². The monoisotopic (exact) mass is 233 g/mol. The van der Waals surface area contributed by atoms with Crippen LogP contribution in [0.5, 0.6) is 0 Å². The zero-order valence-electron chi connectivity index (χ0n) is 9.63. The summed E-state index contributed by atoms with van der Waals surface area (Å²) in [4.78, 5) is 15.9. The average molecular weight is 233 g/mol. The van der Waals surface area contributed by atoms with E-state index in [1.165, 1.54) is 6.42 Å². The molecule has 0 saturated carbocycles. The summed E-state index contributed by atoms with van der Waals surface area (Å²) in [6.45, 7) is 2.31. The number of likely N-dealkylation sites (tertiary alicyclic amines) is 1. The Bertz CT molecular complexity index is 446. The zero-order chi connectivity index (χ0) is 11.7. The van der Waals surface area contributed by atoms with E-state index in [0.717, 1.165) is 37.3 Å². The Hall–Kier alpha value is -1.78. The third kappa shape index (κ3) is 1.92. The van der Waals surface area contributed by atoms with E-state index < -0.39 is 0 Å². The van der Waals surface area contributed by atoms with Gasteiger partial charge < -0.3 is 9.42 Å². The topological polar surface area (TPSA) is 49.6 Å². The number of amides is 2. The van der Waals surface area contributed by atoms with Gasteiger partial charge in [-0.05, 0) is 19.3 Å². The third-order valence-corrected chi connectivity index (χ3v) is 3.29. The predicted molar refractivity (Wildman–Crippen MR) is 61.9 cm³/mol. The molecule has 0 radical (unpaired) electrons. The number of nitrogens with zero attached hydrogens (tertiary/aromatic N) is 3. The molecule has 0 bridgehead atoms. The first-order valence-corrected chi connectivity index (χ1v) is 6.02. The second kappa shape index (κ2) is 4.24. The van der Waals surface area contributed by atoms with E-state index in [1.807, 2.05) is 4.90 Å². The fourth-order valence-electron chi connectivity index (χ4n) is 2.32. The molecule has 0 spiro atoms. The van der Waals surface area contributed by atoms with Gasteiger partial charge in [0.1, 0.15) is 0 Å². The summed E-state index contributed by atoms with van der Waals surface area (Å²) in [5.74, 6) is 0.757. The number of hydrogen-bond donors (Lipinski definition) is 0. The van der Waals surface area contributed by atoms with Gasteiger partial charge in [-0.15, -0.1) is 0 Å². The maximum atomic E-state index is 12.2. The van der Waals surface area contributed by atoms with Gasteiger partial charge in [-0.1, -0.05) is 5.16 Å². The average Bonchev–Trinajstić information content (AvgIpc) is 2.86. The van der Waals surface area contributed by atoms with Gasteiger partial charge in [-0.2, -0.15) is 0 Å². The van der Waals surface area contributed by atoms with E-state index in [2.05, 4.69) is 5.16 Å². The molecule has 3 heterocycles. The van der Waals surface area contributed by atoms with Crippen LogP contribution in [0.15, 0.2) is 16.9 Å². The van der Waals surface area contributed by atoms with Crippen molar-refractivity contribution in [3.05, 3.63) is 23.7 Å². The highest BCUT2D eigenvalue weighted by atomic mass is 16.5. The molecular weight excluding hydrogens is 218 g/mol. The fourth-order valence-corrected chi connectivity index (χ4v) is 2.32. The van der Waals surface area contributed by atoms with Crippen molar-refractivity contribution in [2.75, 3.05) is 13.1 Å². The third-order valence-electron chi connectivity index (χ3n) is 3.29. The van der Waals surface area contributed by atoms with Crippen LogP contribution in [0, 0.1) is 0 Å². The van der Waals surface area contributed by atoms with E-state index in [9.17, 15) is 4.79 Å². The van der Waals surface area contributed by atoms with Crippen LogP contribution in [-0.2, 0) is 6.54 Å². The minimum atomic E-state index is 0.0906. The molecule has 1 aromatic heterocycles. The minimum absolute atomic E-state index is 0.0906. The molecule has 0 N–H and O–H groups in total. The van der Waals surface area contributed by atoms with Crippen LogP contribution in [0.2, 0.25) is 0 Å². The summed E-state index contributed by atoms with van der Waals surface area (Å²) >= 11 is 0. The number of urea groups is 1. The molecule has 1 fully saturated rings. The van der Waals surface area contributed by atoms with Gasteiger partial charge in [-0.25, -0.2) is 4.79 Å². The van der Waals surface area contributed by atoms with Crippen LogP contribution in [0.3, 0.4) is 0 Å². The number of carbonyl (C=O) groups excluding carboxylic acids is 1. The van der Waals surface area contributed by atoms with Crippen LogP contribution in [0.4, 0.5) is 4.79 Å².